The number of anilines is 1. The van der Waals surface area contributed by atoms with E-state index in [9.17, 15) is 14.0 Å². The van der Waals surface area contributed by atoms with E-state index >= 15 is 4.39 Å². The number of aromatic amines is 1. The number of piperidine rings is 1. The monoisotopic (exact) mass is 622 g/mol. The van der Waals surface area contributed by atoms with Gasteiger partial charge in [0.1, 0.15) is 41.2 Å². The minimum absolute atomic E-state index is 0.00779. The highest BCUT2D eigenvalue weighted by atomic mass is 32.1. The smallest absolute Gasteiger partial charge is 0.243 e. The zero-order valence-corrected chi connectivity index (χ0v) is 25.3. The van der Waals surface area contributed by atoms with Gasteiger partial charge in [-0.25, -0.2) is 13.8 Å². The Morgan fingerprint density at radius 3 is 2.86 bits per heavy atom. The molecule has 1 aliphatic heterocycles. The SMILES string of the molecule is C=CC(=O)N[C@H](C)c1cc(-c2nc(N3CC4CC4(C(=O)NC)C3)c3ccsc3c2-c2c(F)cc(F)cc2OCCOC)n[nH]1. The minimum Gasteiger partial charge on any atom is -0.490 e. The fourth-order valence-corrected chi connectivity index (χ4v) is 7.03. The summed E-state index contributed by atoms with van der Waals surface area (Å²) in [4.78, 5) is 31.9. The molecule has 1 saturated carbocycles. The summed E-state index contributed by atoms with van der Waals surface area (Å²) in [6.45, 7) is 6.73. The molecule has 0 radical (unpaired) electrons. The normalized spacial score (nSPS) is 19.5. The topological polar surface area (TPSA) is 121 Å². The molecule has 3 atom stereocenters. The number of thiophene rings is 1. The van der Waals surface area contributed by atoms with E-state index in [4.69, 9.17) is 14.5 Å². The van der Waals surface area contributed by atoms with Crippen LogP contribution in [0.3, 0.4) is 0 Å². The molecule has 44 heavy (non-hydrogen) atoms. The Morgan fingerprint density at radius 1 is 1.30 bits per heavy atom. The van der Waals surface area contributed by atoms with Crippen molar-refractivity contribution in [2.45, 2.75) is 19.4 Å². The lowest BCUT2D eigenvalue weighted by Crippen LogP contribution is -2.35. The number of nitrogens with zero attached hydrogens (tertiary/aromatic N) is 3. The summed E-state index contributed by atoms with van der Waals surface area (Å²) < 4.78 is 42.0. The average molecular weight is 623 g/mol. The van der Waals surface area contributed by atoms with Crippen molar-refractivity contribution in [1.29, 1.82) is 0 Å². The highest BCUT2D eigenvalue weighted by molar-refractivity contribution is 7.18. The molecule has 3 N–H and O–H groups in total. The average Bonchev–Trinajstić information content (AvgIpc) is 3.44. The van der Waals surface area contributed by atoms with E-state index in [1.54, 1.807) is 20.0 Å². The van der Waals surface area contributed by atoms with E-state index in [1.165, 1.54) is 24.5 Å². The molecule has 4 heterocycles. The van der Waals surface area contributed by atoms with Crippen LogP contribution in [0.15, 0.2) is 42.3 Å². The largest absolute Gasteiger partial charge is 0.490 e. The molecular formula is C31H32F2N6O4S. The Labute approximate surface area is 256 Å². The molecule has 2 aliphatic rings. The Morgan fingerprint density at radius 2 is 2.11 bits per heavy atom. The van der Waals surface area contributed by atoms with Crippen molar-refractivity contribution >= 4 is 39.1 Å². The highest BCUT2D eigenvalue weighted by Gasteiger charge is 2.65. The summed E-state index contributed by atoms with van der Waals surface area (Å²) in [6, 6.07) is 5.18. The minimum atomic E-state index is -0.814. The Bertz CT molecular complexity index is 1770. The standard InChI is InChI=1S/C31H32F2N6O4S/c1-5-24(40)35-16(2)21-12-22(38-37-21)27-26(25-20(33)10-18(32)11-23(25)43-8-7-42-4)28-19(6-9-44-28)29(36-27)39-14-17-13-31(17,15-39)30(41)34-3/h5-6,9-12,16-17H,1,7-8,13-15H2,2-4H3,(H,34,41)(H,35,40)(H,37,38)/t16-,17?,31?/m1/s1. The molecule has 0 spiro atoms. The number of hydrogen-bond donors (Lipinski definition) is 3. The lowest BCUT2D eigenvalue weighted by atomic mass is 9.98. The second kappa shape index (κ2) is 11.6. The van der Waals surface area contributed by atoms with Crippen molar-refractivity contribution in [2.24, 2.45) is 11.3 Å². The molecule has 1 saturated heterocycles. The first kappa shape index (κ1) is 29.7. The first-order valence-corrected chi connectivity index (χ1v) is 15.1. The summed E-state index contributed by atoms with van der Waals surface area (Å²) >= 11 is 1.39. The predicted molar refractivity (Wildman–Crippen MR) is 163 cm³/mol. The third kappa shape index (κ3) is 5.09. The number of methoxy groups -OCH3 is 1. The zero-order valence-electron chi connectivity index (χ0n) is 24.5. The number of carbonyl (C=O) groups is 2. The van der Waals surface area contributed by atoms with Gasteiger partial charge in [0.25, 0.3) is 0 Å². The molecule has 2 amide bonds. The maximum absolute atomic E-state index is 15.9. The van der Waals surface area contributed by atoms with Gasteiger partial charge in [0.2, 0.25) is 11.8 Å². The quantitative estimate of drug-likeness (QED) is 0.165. The maximum Gasteiger partial charge on any atom is 0.243 e. The molecule has 13 heteroatoms. The zero-order chi connectivity index (χ0) is 31.2. The molecule has 2 fully saturated rings. The lowest BCUT2D eigenvalue weighted by Gasteiger charge is -2.24. The number of rotatable bonds is 11. The van der Waals surface area contributed by atoms with Crippen molar-refractivity contribution in [1.82, 2.24) is 25.8 Å². The van der Waals surface area contributed by atoms with Crippen LogP contribution in [0.2, 0.25) is 0 Å². The number of benzene rings is 1. The first-order chi connectivity index (χ1) is 21.2. The van der Waals surface area contributed by atoms with Crippen LogP contribution in [-0.4, -0.2) is 67.5 Å². The molecule has 3 aromatic heterocycles. The Balaban J connectivity index is 1.54. The van der Waals surface area contributed by atoms with E-state index in [0.717, 1.165) is 23.9 Å². The molecule has 2 unspecified atom stereocenters. The van der Waals surface area contributed by atoms with Crippen molar-refractivity contribution in [3.8, 4) is 28.3 Å². The van der Waals surface area contributed by atoms with E-state index in [1.807, 2.05) is 11.4 Å². The van der Waals surface area contributed by atoms with Gasteiger partial charge in [-0.15, -0.1) is 11.3 Å². The fourth-order valence-electron chi connectivity index (χ4n) is 6.08. The van der Waals surface area contributed by atoms with E-state index in [-0.39, 0.29) is 42.3 Å². The maximum atomic E-state index is 15.9. The van der Waals surface area contributed by atoms with Gasteiger partial charge in [-0.05, 0) is 42.9 Å². The second-order valence-corrected chi connectivity index (χ2v) is 12.0. The first-order valence-electron chi connectivity index (χ1n) is 14.2. The predicted octanol–water partition coefficient (Wildman–Crippen LogP) is 4.59. The van der Waals surface area contributed by atoms with Crippen LogP contribution >= 0.6 is 11.3 Å². The Hall–Kier alpha value is -4.36. The van der Waals surface area contributed by atoms with Gasteiger partial charge in [0.05, 0.1) is 29.3 Å². The van der Waals surface area contributed by atoms with E-state index in [0.29, 0.717) is 46.3 Å². The molecule has 1 aromatic carbocycles. The number of H-pyrrole nitrogens is 1. The highest BCUT2D eigenvalue weighted by Crippen LogP contribution is 2.59. The number of fused-ring (bicyclic) bond motifs is 2. The van der Waals surface area contributed by atoms with Crippen LogP contribution < -0.4 is 20.3 Å². The summed E-state index contributed by atoms with van der Waals surface area (Å²) in [6.07, 6.45) is 2.00. The van der Waals surface area contributed by atoms with Crippen LogP contribution in [0.1, 0.15) is 25.1 Å². The molecule has 1 aliphatic carbocycles. The third-order valence-corrected chi connectivity index (χ3v) is 9.31. The van der Waals surface area contributed by atoms with Crippen LogP contribution in [0.25, 0.3) is 32.6 Å². The number of carbonyl (C=O) groups excluding carboxylic acids is 2. The Kier molecular flexibility index (Phi) is 7.84. The number of nitrogens with one attached hydrogen (secondary N) is 3. The second-order valence-electron chi connectivity index (χ2n) is 11.1. The number of halogens is 2. The van der Waals surface area contributed by atoms with Gasteiger partial charge in [-0.1, -0.05) is 6.58 Å². The van der Waals surface area contributed by atoms with Crippen LogP contribution in [0.5, 0.6) is 5.75 Å². The molecule has 10 nitrogen and oxygen atoms in total. The van der Waals surface area contributed by atoms with Crippen molar-refractivity contribution in [3.05, 3.63) is 59.6 Å². The fraction of sp³-hybridized carbons (Fsp3) is 0.355. The molecule has 0 bridgehead atoms. The number of pyridine rings is 1. The van der Waals surface area contributed by atoms with Crippen molar-refractivity contribution in [3.63, 3.8) is 0 Å². The van der Waals surface area contributed by atoms with Gasteiger partial charge in [0, 0.05) is 55.0 Å². The van der Waals surface area contributed by atoms with Gasteiger partial charge in [-0.3, -0.25) is 14.7 Å². The van der Waals surface area contributed by atoms with Crippen molar-refractivity contribution in [2.75, 3.05) is 45.4 Å². The van der Waals surface area contributed by atoms with Gasteiger partial charge < -0.3 is 25.0 Å². The number of ether oxygens (including phenoxy) is 2. The third-order valence-electron chi connectivity index (χ3n) is 8.38. The van der Waals surface area contributed by atoms with Gasteiger partial charge in [-0.2, -0.15) is 5.10 Å². The molecule has 6 rings (SSSR count). The van der Waals surface area contributed by atoms with Crippen LogP contribution in [-0.2, 0) is 14.3 Å². The van der Waals surface area contributed by atoms with Gasteiger partial charge in [0.15, 0.2) is 0 Å². The summed E-state index contributed by atoms with van der Waals surface area (Å²) in [5, 5.41) is 15.7. The summed E-state index contributed by atoms with van der Waals surface area (Å²) in [5.74, 6) is -1.06. The number of aromatic nitrogens is 3. The molecule has 230 valence electrons. The van der Waals surface area contributed by atoms with Crippen molar-refractivity contribution < 1.29 is 27.8 Å². The van der Waals surface area contributed by atoms with Crippen LogP contribution in [0.4, 0.5) is 14.6 Å². The summed E-state index contributed by atoms with van der Waals surface area (Å²) in [7, 11) is 3.16. The van der Waals surface area contributed by atoms with Crippen LogP contribution in [0, 0.1) is 23.0 Å². The molecule has 4 aromatic rings. The summed E-state index contributed by atoms with van der Waals surface area (Å²) in [5.41, 5.74) is 1.32. The van der Waals surface area contributed by atoms with Gasteiger partial charge >= 0.3 is 0 Å². The lowest BCUT2D eigenvalue weighted by molar-refractivity contribution is -0.125. The van der Waals surface area contributed by atoms with E-state index in [2.05, 4.69) is 32.3 Å². The number of hydrogen-bond acceptors (Lipinski definition) is 8. The molecular weight excluding hydrogens is 590 g/mol. The number of amides is 2. The van der Waals surface area contributed by atoms with E-state index < -0.39 is 23.1 Å².